The molecule has 0 aromatic carbocycles. The van der Waals surface area contributed by atoms with Gasteiger partial charge in [-0.25, -0.2) is 15.1 Å². The third kappa shape index (κ3) is 4.74. The first-order valence-corrected chi connectivity index (χ1v) is 3.38. The fourth-order valence-electron chi connectivity index (χ4n) is 0.631. The Morgan fingerprint density at radius 1 is 1.18 bits per heavy atom. The SMILES string of the molecule is [Ag+].[N-]=[N+]=Nc1nc(N=[N+]=[N-])nc([N-][N+](=O)[O-])n1. The van der Waals surface area contributed by atoms with Crippen LogP contribution in [0.25, 0.3) is 26.3 Å². The minimum atomic E-state index is -1.06. The molecule has 1 aromatic rings. The first-order chi connectivity index (χ1) is 7.65. The van der Waals surface area contributed by atoms with Gasteiger partial charge < -0.3 is 9.97 Å². The Balaban J connectivity index is 0.00000256. The van der Waals surface area contributed by atoms with Crippen molar-refractivity contribution in [1.82, 2.24) is 15.0 Å². The molecule has 0 saturated heterocycles. The molecule has 90 valence electrons. The van der Waals surface area contributed by atoms with Gasteiger partial charge in [-0.15, -0.1) is 0 Å². The quantitative estimate of drug-likeness (QED) is 0.203. The van der Waals surface area contributed by atoms with E-state index < -0.39 is 22.9 Å². The van der Waals surface area contributed by atoms with Crippen molar-refractivity contribution in [3.8, 4) is 0 Å². The average molecular weight is 330 g/mol. The van der Waals surface area contributed by atoms with Crippen LogP contribution in [0.15, 0.2) is 10.2 Å². The number of azide groups is 2. The first-order valence-electron chi connectivity index (χ1n) is 3.38. The van der Waals surface area contributed by atoms with Crippen LogP contribution in [0.3, 0.4) is 0 Å². The molecule has 0 unspecified atom stereocenters. The molecule has 1 heterocycles. The van der Waals surface area contributed by atoms with Crippen LogP contribution in [0, 0.1) is 10.1 Å². The van der Waals surface area contributed by atoms with Gasteiger partial charge in [0.1, 0.15) is 22.9 Å². The van der Waals surface area contributed by atoms with Crippen molar-refractivity contribution >= 4 is 17.8 Å². The van der Waals surface area contributed by atoms with E-state index in [1.807, 2.05) is 0 Å². The third-order valence-electron chi connectivity index (χ3n) is 1.04. The zero-order valence-electron chi connectivity index (χ0n) is 7.54. The Morgan fingerprint density at radius 3 is 2.00 bits per heavy atom. The summed E-state index contributed by atoms with van der Waals surface area (Å²) in [7, 11) is 0. The van der Waals surface area contributed by atoms with E-state index in [4.69, 9.17) is 11.1 Å². The van der Waals surface area contributed by atoms with E-state index in [1.54, 1.807) is 0 Å². The Kier molecular flexibility index (Phi) is 5.95. The largest absolute Gasteiger partial charge is 1.00 e. The molecule has 0 fully saturated rings. The second kappa shape index (κ2) is 6.95. The normalized spacial score (nSPS) is 8.00. The van der Waals surface area contributed by atoms with Crippen molar-refractivity contribution in [1.29, 1.82) is 0 Å². The summed E-state index contributed by atoms with van der Waals surface area (Å²) in [4.78, 5) is 24.7. The summed E-state index contributed by atoms with van der Waals surface area (Å²) in [6.45, 7) is 0. The molecular weight excluding hydrogens is 330 g/mol. The van der Waals surface area contributed by atoms with Crippen LogP contribution in [0.1, 0.15) is 0 Å². The molecule has 14 heteroatoms. The van der Waals surface area contributed by atoms with Crippen LogP contribution in [-0.4, -0.2) is 20.0 Å². The molecule has 13 nitrogen and oxygen atoms in total. The van der Waals surface area contributed by atoms with Crippen molar-refractivity contribution in [3.63, 3.8) is 0 Å². The maximum absolute atomic E-state index is 10.0. The second-order valence-corrected chi connectivity index (χ2v) is 1.95. The second-order valence-electron chi connectivity index (χ2n) is 1.95. The monoisotopic (exact) mass is 329 g/mol. The van der Waals surface area contributed by atoms with Gasteiger partial charge in [0.25, 0.3) is 0 Å². The molecule has 1 rings (SSSR count). The molecule has 0 aliphatic rings. The molecule has 0 bridgehead atoms. The van der Waals surface area contributed by atoms with Gasteiger partial charge in [-0.2, -0.15) is 0 Å². The minimum Gasteiger partial charge on any atom is -0.335 e. The van der Waals surface area contributed by atoms with Crippen LogP contribution < -0.4 is 0 Å². The summed E-state index contributed by atoms with van der Waals surface area (Å²) in [5.74, 6) is -1.61. The van der Waals surface area contributed by atoms with Crippen molar-refractivity contribution in [2.45, 2.75) is 0 Å². The van der Waals surface area contributed by atoms with Crippen LogP contribution in [0.2, 0.25) is 0 Å². The van der Waals surface area contributed by atoms with Gasteiger partial charge >= 0.3 is 22.4 Å². The number of aromatic nitrogens is 3. The zero-order chi connectivity index (χ0) is 12.0. The molecule has 0 radical (unpaired) electrons. The average Bonchev–Trinajstić information content (AvgIpc) is 2.17. The van der Waals surface area contributed by atoms with E-state index in [9.17, 15) is 10.1 Å². The predicted octanol–water partition coefficient (Wildman–Crippen LogP) is 1.95. The van der Waals surface area contributed by atoms with Crippen molar-refractivity contribution < 1.29 is 27.4 Å². The smallest absolute Gasteiger partial charge is 0.335 e. The number of nitrogens with zero attached hydrogens (tertiary/aromatic N) is 11. The Hall–Kier alpha value is -2.43. The summed E-state index contributed by atoms with van der Waals surface area (Å²) in [5, 5.41) is 14.9. The summed E-state index contributed by atoms with van der Waals surface area (Å²) in [5.41, 5.74) is 18.9. The molecule has 0 amide bonds. The Labute approximate surface area is 107 Å². The summed E-state index contributed by atoms with van der Waals surface area (Å²) in [6, 6.07) is 0. The summed E-state index contributed by atoms with van der Waals surface area (Å²) in [6.07, 6.45) is 0. The molecule has 0 saturated carbocycles. The van der Waals surface area contributed by atoms with Crippen molar-refractivity contribution in [3.05, 3.63) is 36.4 Å². The van der Waals surface area contributed by atoms with Crippen LogP contribution in [0.5, 0.6) is 0 Å². The van der Waals surface area contributed by atoms with Gasteiger partial charge in [-0.3, -0.25) is 0 Å². The molecular formula is C3AgN11O2. The van der Waals surface area contributed by atoms with Crippen LogP contribution in [-0.2, 0) is 22.4 Å². The third-order valence-corrected chi connectivity index (χ3v) is 1.04. The number of hydrogen-bond donors (Lipinski definition) is 0. The van der Waals surface area contributed by atoms with Gasteiger partial charge in [-0.05, 0) is 21.3 Å². The summed E-state index contributed by atoms with van der Waals surface area (Å²) < 4.78 is 0. The van der Waals surface area contributed by atoms with Gasteiger partial charge in [0, 0.05) is 9.82 Å². The van der Waals surface area contributed by atoms with E-state index in [0.29, 0.717) is 0 Å². The van der Waals surface area contributed by atoms with E-state index in [0.717, 1.165) is 0 Å². The Bertz CT molecular complexity index is 479. The molecule has 0 spiro atoms. The standard InChI is InChI=1S/C3N11O2.Ag/c4-12-9-1-6-2(10-13-5)8-3(7-1)11-14(15)16;/q-1;+1. The van der Waals surface area contributed by atoms with E-state index in [2.05, 4.69) is 40.4 Å². The Morgan fingerprint density at radius 2 is 1.65 bits per heavy atom. The predicted molar refractivity (Wildman–Crippen MR) is 47.5 cm³/mol. The number of nitro groups is 1. The molecule has 0 N–H and O–H groups in total. The van der Waals surface area contributed by atoms with Gasteiger partial charge in [-0.1, -0.05) is 5.43 Å². The molecule has 0 aliphatic carbocycles. The van der Waals surface area contributed by atoms with Gasteiger partial charge in [0.15, 0.2) is 0 Å². The topological polar surface area (TPSA) is 193 Å². The van der Waals surface area contributed by atoms with Gasteiger partial charge in [0.05, 0.1) is 0 Å². The summed E-state index contributed by atoms with van der Waals surface area (Å²) >= 11 is 0. The molecule has 17 heavy (non-hydrogen) atoms. The maximum Gasteiger partial charge on any atom is 1.00 e. The first kappa shape index (κ1) is 14.6. The fourth-order valence-corrected chi connectivity index (χ4v) is 0.631. The van der Waals surface area contributed by atoms with Gasteiger partial charge in [0.2, 0.25) is 0 Å². The maximum atomic E-state index is 10.0. The molecule has 0 aliphatic heterocycles. The minimum absolute atomic E-state index is 0. The molecule has 0 atom stereocenters. The van der Waals surface area contributed by atoms with Crippen LogP contribution >= 0.6 is 0 Å². The fraction of sp³-hybridized carbons (Fsp3) is 0. The van der Waals surface area contributed by atoms with E-state index >= 15 is 0 Å². The van der Waals surface area contributed by atoms with Crippen molar-refractivity contribution in [2.75, 3.05) is 0 Å². The van der Waals surface area contributed by atoms with Crippen molar-refractivity contribution in [2.24, 2.45) is 10.2 Å². The van der Waals surface area contributed by atoms with E-state index in [1.165, 1.54) is 0 Å². The van der Waals surface area contributed by atoms with Crippen LogP contribution in [0.4, 0.5) is 17.8 Å². The molecule has 1 aromatic heterocycles. The number of rotatable bonds is 4. The zero-order valence-corrected chi connectivity index (χ0v) is 9.02. The number of hydrogen-bond acceptors (Lipinski definition) is 7. The van der Waals surface area contributed by atoms with E-state index in [-0.39, 0.29) is 22.4 Å².